The fourth-order valence-electron chi connectivity index (χ4n) is 12.0. The Kier molecular flexibility index (Phi) is 13.9. The first kappa shape index (κ1) is 38.0. The highest BCUT2D eigenvalue weighted by Gasteiger charge is 2.47. The standard InChI is InChI=1S/4C24H38N2O4/c4*1-14(2)9-17-13-26-8-7-16-10-21(28-5)22(29-6)11-18(16)19(26)12-20(17)30-24(27)23(25)15(3)4/h4*10-11,14-15,17,19-20,23H,7-9,12-13,25H2,1-6H3/t4*17?,19?,20?,23-/m0000/s1/i1D3,5D3,6D3,7D2,8D2,9D2,12D2,13D2,14D,17D;1D3,6D3,7D2,8D2,9D2,12D2,13D2,14D,17D;1D3,5D3,7D2,8D2,9D2,12D2,13D2,14D,17D;1D3,7D2,8D2,9D2,12D2,13D2,14D,17D/t4*14?,17?,19?,20?,23-. The second kappa shape index (κ2) is 43.9. The number of fused-ring (bicyclic) bond motifs is 12. The molecule has 8 aliphatic rings. The van der Waals surface area contributed by atoms with Gasteiger partial charge in [0, 0.05) is 207 Å². The van der Waals surface area contributed by atoms with Crippen LogP contribution in [0.5, 0.6) is 46.0 Å². The Bertz CT molecular complexity index is 7400. The number of carbonyl (C=O) groups is 4. The number of aryl methyl sites for hydroxylation is 4. The van der Waals surface area contributed by atoms with Gasteiger partial charge in [-0.15, -0.1) is 0 Å². The minimum Gasteiger partial charge on any atom is -0.493 e. The van der Waals surface area contributed by atoms with Crippen molar-refractivity contribution in [1.29, 1.82) is 0 Å². The van der Waals surface area contributed by atoms with E-state index < -0.39 is 430 Å². The Hall–Kier alpha value is -7.16. The van der Waals surface area contributed by atoms with Crippen LogP contribution in [0.4, 0.5) is 0 Å². The van der Waals surface area contributed by atoms with Crippen LogP contribution in [0, 0.1) is 70.8 Å². The molecule has 24 heteroatoms. The molecule has 24 nitrogen and oxygen atoms in total. The number of nitrogens with zero attached hydrogens (tertiary/aromatic N) is 4. The van der Waals surface area contributed by atoms with Crippen LogP contribution >= 0.6 is 0 Å². The van der Waals surface area contributed by atoms with E-state index in [1.807, 2.05) is 0 Å². The van der Waals surface area contributed by atoms with Crippen LogP contribution in [0.15, 0.2) is 48.5 Å². The summed E-state index contributed by atoms with van der Waals surface area (Å²) in [5.41, 5.74) is 18.3. The topological polar surface area (TPSA) is 296 Å². The molecule has 20 atom stereocenters. The first-order valence-electron chi connectivity index (χ1n) is 73.2. The highest BCUT2D eigenvalue weighted by atomic mass is 16.6. The molecule has 0 aromatic heterocycles. The molecule has 0 aliphatic carbocycles. The number of nitrogens with two attached hydrogens (primary N) is 4. The average molecular weight is 1750 g/mol. The van der Waals surface area contributed by atoms with E-state index in [4.69, 9.17) is 151 Å². The molecule has 0 radical (unpaired) electrons. The molecule has 0 amide bonds. The number of hydrogen-bond donors (Lipinski definition) is 4. The minimum absolute atomic E-state index is 0.00138. The van der Waals surface area contributed by atoms with Gasteiger partial charge >= 0.3 is 23.9 Å². The van der Waals surface area contributed by atoms with Crippen molar-refractivity contribution in [2.24, 2.45) is 93.8 Å². The monoisotopic (exact) mass is 1750 g/mol. The molecular weight excluding hydrogens is 1520 g/mol. The summed E-state index contributed by atoms with van der Waals surface area (Å²) in [4.78, 5) is 52.7. The van der Waals surface area contributed by atoms with Crippen molar-refractivity contribution in [3.05, 3.63) is 93.0 Å². The van der Waals surface area contributed by atoms with Gasteiger partial charge in [0.05, 0.1) is 73.0 Å². The average Bonchev–Trinajstić information content (AvgIpc) is 0.654. The lowest BCUT2D eigenvalue weighted by atomic mass is 9.79. The van der Waals surface area contributed by atoms with Crippen molar-refractivity contribution in [3.8, 4) is 46.0 Å². The van der Waals surface area contributed by atoms with Crippen molar-refractivity contribution in [2.75, 3.05) is 109 Å². The third-order valence-corrected chi connectivity index (χ3v) is 18.7. The summed E-state index contributed by atoms with van der Waals surface area (Å²) in [7, 11) is -8.46. The summed E-state index contributed by atoms with van der Waals surface area (Å²) in [5.74, 6) is -42.9. The van der Waals surface area contributed by atoms with Gasteiger partial charge in [-0.05, 0) is 191 Å². The molecule has 4 saturated heterocycles. The molecule has 0 saturated carbocycles. The fraction of sp³-hybridized carbons (Fsp3) is 0.708. The summed E-state index contributed by atoms with van der Waals surface area (Å²) in [5, 5.41) is 0. The fourth-order valence-corrected chi connectivity index (χ4v) is 12.0. The largest absolute Gasteiger partial charge is 0.493 e. The Morgan fingerprint density at radius 2 is 0.550 bits per heavy atom. The Labute approximate surface area is 819 Å². The Morgan fingerprint density at radius 3 is 0.733 bits per heavy atom. The smallest absolute Gasteiger partial charge is 0.323 e. The molecule has 12 rings (SSSR count). The summed E-state index contributed by atoms with van der Waals surface area (Å²) >= 11 is 0. The number of esters is 4. The maximum atomic E-state index is 13.3. The second-order valence-electron chi connectivity index (χ2n) is 28.9. The molecule has 0 bridgehead atoms. The van der Waals surface area contributed by atoms with Crippen molar-refractivity contribution in [2.45, 2.75) is 260 Å². The number of methoxy groups -OCH3 is 8. The van der Waals surface area contributed by atoms with Crippen LogP contribution in [0.3, 0.4) is 0 Å². The van der Waals surface area contributed by atoms with Crippen LogP contribution in [0.2, 0.25) is 0 Å². The molecule has 4 fully saturated rings. The lowest BCUT2D eigenvalue weighted by Crippen LogP contribution is -2.51. The number of hydrogen-bond acceptors (Lipinski definition) is 24. The molecule has 16 unspecified atom stereocenters. The van der Waals surface area contributed by atoms with E-state index in [0.717, 1.165) is 50.6 Å². The van der Waals surface area contributed by atoms with E-state index in [1.165, 1.54) is 69.6 Å². The van der Waals surface area contributed by atoms with E-state index in [1.54, 1.807) is 0 Å². The SMILES string of the molecule is [2H]C([2H])([2H])Oc1cc2c(cc1OC([2H])([2H])[2H])C([2H])([2H])C([2H])([2H])N1C2C([2H])([2H])C(OC(=O)[C@@H](N)C(C)C)C([2H])(C([2H])([2H])C([2H])(C)C([2H])([2H])[2H])C1([2H])[2H].[2H]C([2H])([2H])Oc1cc2c(cc1OC)C([2H])([2H])C([2H])([2H])N1C2C([2H])([2H])C(OC(=O)[C@@H](N)C(C)C)C([2H])(C([2H])([2H])C([2H])(C)C([2H])([2H])[2H])C1([2H])[2H].[2H]C([2H])([2H])Oc1cc2c(cc1OC)C1N(C([2H])([2H])C2([2H])[2H])C([2H])([2H])C([2H])(C([2H])([2H])C([2H])(C)C([2H])([2H])[2H])C(OC(=O)[C@@H](N)C(C)C)C1([2H])[2H].[2H]C1([2H])C2c3cc(OC)c(OC)cc3C([2H])([2H])C([2H])([2H])N2C([2H])([2H])C([2H])(C([2H])([2H])C([2H])(C)C([2H])([2H])[2H])C1OC(=O)[C@@H](N)C(C)C. The van der Waals surface area contributed by atoms with Gasteiger partial charge in [0.2, 0.25) is 0 Å². The number of carbonyl (C=O) groups excluding carboxylic acids is 4. The molecule has 0 spiro atoms. The zero-order valence-electron chi connectivity index (χ0n) is 140. The van der Waals surface area contributed by atoms with Crippen molar-refractivity contribution >= 4 is 23.9 Å². The van der Waals surface area contributed by atoms with Crippen LogP contribution in [0.1, 0.15) is 329 Å². The zero-order chi connectivity index (χ0) is 151. The normalized spacial score (nSPS) is 46.2. The third kappa shape index (κ3) is 23.8. The highest BCUT2D eigenvalue weighted by molar-refractivity contribution is 5.77. The zero-order valence-corrected chi connectivity index (χ0v) is 68.5. The maximum Gasteiger partial charge on any atom is 0.323 e. The second-order valence-corrected chi connectivity index (χ2v) is 28.9. The van der Waals surface area contributed by atoms with Crippen LogP contribution in [-0.2, 0) is 63.6 Å². The summed E-state index contributed by atoms with van der Waals surface area (Å²) in [6.45, 7) is -31.8. The lowest BCUT2D eigenvalue weighted by molar-refractivity contribution is -0.161. The summed E-state index contributed by atoms with van der Waals surface area (Å²) in [6, 6.07) is -9.57. The van der Waals surface area contributed by atoms with Crippen molar-refractivity contribution in [1.82, 2.24) is 19.6 Å². The highest BCUT2D eigenvalue weighted by Crippen LogP contribution is 2.50. The Morgan fingerprint density at radius 1 is 0.358 bits per heavy atom. The van der Waals surface area contributed by atoms with E-state index in [2.05, 4.69) is 0 Å². The Balaban J connectivity index is 0.000000278. The number of piperidine rings is 4. The molecule has 8 heterocycles. The van der Waals surface area contributed by atoms with E-state index in [9.17, 15) is 46.6 Å². The molecule has 4 aromatic carbocycles. The maximum absolute atomic E-state index is 13.3. The van der Waals surface area contributed by atoms with E-state index in [-0.39, 0.29) is 31.1 Å². The molecule has 4 aromatic rings. The van der Waals surface area contributed by atoms with Crippen LogP contribution in [-0.4, -0.2) is 201 Å². The predicted molar refractivity (Wildman–Crippen MR) is 471 cm³/mol. The van der Waals surface area contributed by atoms with E-state index >= 15 is 0 Å². The predicted octanol–water partition coefficient (Wildman–Crippen LogP) is 14.3. The molecule has 120 heavy (non-hydrogen) atoms. The third-order valence-electron chi connectivity index (χ3n) is 18.7. The van der Waals surface area contributed by atoms with Crippen LogP contribution in [0.25, 0.3) is 0 Å². The van der Waals surface area contributed by atoms with Gasteiger partial charge in [-0.25, -0.2) is 0 Å². The molecule has 8 aliphatic heterocycles. The summed E-state index contributed by atoms with van der Waals surface area (Å²) < 4.78 is 679. The van der Waals surface area contributed by atoms with Gasteiger partial charge in [-0.3, -0.25) is 38.8 Å². The molecule has 672 valence electrons. The van der Waals surface area contributed by atoms with Gasteiger partial charge in [-0.2, -0.15) is 0 Å². The number of ether oxygens (including phenoxy) is 12. The van der Waals surface area contributed by atoms with Crippen molar-refractivity contribution < 1.29 is 175 Å². The van der Waals surface area contributed by atoms with Gasteiger partial charge in [0.1, 0.15) is 48.6 Å². The minimum atomic E-state index is -4.14. The van der Waals surface area contributed by atoms with Gasteiger partial charge in [-0.1, -0.05) is 110 Å². The van der Waals surface area contributed by atoms with Crippen LogP contribution < -0.4 is 60.8 Å². The number of rotatable bonds is 28. The molecular formula is C96H152N8O16. The van der Waals surface area contributed by atoms with Gasteiger partial charge < -0.3 is 79.8 Å². The molecule has 8 N–H and O–H groups in total. The lowest BCUT2D eigenvalue weighted by Gasteiger charge is -2.47. The van der Waals surface area contributed by atoms with Crippen molar-refractivity contribution in [3.63, 3.8) is 0 Å². The number of benzene rings is 4. The van der Waals surface area contributed by atoms with E-state index in [0.29, 0.717) is 39.8 Å². The first-order chi connectivity index (χ1) is 84.5. The quantitative estimate of drug-likeness (QED) is 0.0303. The first-order valence-corrected chi connectivity index (χ1v) is 37.2. The van der Waals surface area contributed by atoms with Gasteiger partial charge in [0.15, 0.2) is 46.0 Å². The van der Waals surface area contributed by atoms with Gasteiger partial charge in [0.25, 0.3) is 0 Å². The summed E-state index contributed by atoms with van der Waals surface area (Å²) in [6.07, 6.45) is -55.7.